The first-order chi connectivity index (χ1) is 5.25. The molecule has 0 heterocycles. The second-order valence-electron chi connectivity index (χ2n) is 2.03. The van der Waals surface area contributed by atoms with Crippen LogP contribution in [0.2, 0.25) is 0 Å². The Morgan fingerprint density at radius 1 is 1.45 bits per heavy atom. The highest BCUT2D eigenvalue weighted by atomic mass is 35.5. The molecule has 0 atom stereocenters. The molecule has 0 N–H and O–H groups in total. The van der Waals surface area contributed by atoms with Gasteiger partial charge in [0.1, 0.15) is 11.6 Å². The standard InChI is InChI=1S/C7H7ClNO2/c8-5-6-3-1-2-4-7(6)9(10)11/h1-4,8H,5H2/q+1. The molecule has 4 heteroatoms. The van der Waals surface area contributed by atoms with E-state index in [0.29, 0.717) is 5.56 Å². The predicted octanol–water partition coefficient (Wildman–Crippen LogP) is 1.38. The number of alkyl halides is 1. The SMILES string of the molecule is O=[N+]([O-])c1ccccc1C[ClH+]. The summed E-state index contributed by atoms with van der Waals surface area (Å²) >= 11 is 4.72. The maximum Gasteiger partial charge on any atom is 0.278 e. The summed E-state index contributed by atoms with van der Waals surface area (Å²) in [5.41, 5.74) is 0.718. The summed E-state index contributed by atoms with van der Waals surface area (Å²) in [6.07, 6.45) is 0. The lowest BCUT2D eigenvalue weighted by Crippen LogP contribution is -1.93. The maximum atomic E-state index is 10.3. The van der Waals surface area contributed by atoms with Gasteiger partial charge < -0.3 is 0 Å². The van der Waals surface area contributed by atoms with Crippen LogP contribution in [0.15, 0.2) is 24.3 Å². The summed E-state index contributed by atoms with van der Waals surface area (Å²) in [7, 11) is 0. The molecule has 0 spiro atoms. The van der Waals surface area contributed by atoms with Crippen molar-refractivity contribution >= 4 is 5.69 Å². The van der Waals surface area contributed by atoms with Crippen LogP contribution in [-0.2, 0) is 5.88 Å². The van der Waals surface area contributed by atoms with Crippen molar-refractivity contribution in [1.29, 1.82) is 0 Å². The number of halogens is 1. The average Bonchev–Trinajstić information content (AvgIpc) is 2.04. The number of nitro groups is 1. The molecule has 0 bridgehead atoms. The van der Waals surface area contributed by atoms with Crippen LogP contribution in [0, 0.1) is 21.7 Å². The van der Waals surface area contributed by atoms with Gasteiger partial charge in [-0.2, -0.15) is 0 Å². The Morgan fingerprint density at radius 2 is 2.09 bits per heavy atom. The van der Waals surface area contributed by atoms with Gasteiger partial charge in [-0.3, -0.25) is 10.1 Å². The molecular formula is C7H7ClNO2+. The third-order valence-electron chi connectivity index (χ3n) is 1.34. The molecule has 1 rings (SSSR count). The lowest BCUT2D eigenvalue weighted by Gasteiger charge is -1.92. The fraction of sp³-hybridized carbons (Fsp3) is 0.143. The number of hydrogen-bond acceptors (Lipinski definition) is 2. The van der Waals surface area contributed by atoms with E-state index in [1.165, 1.54) is 6.07 Å². The zero-order valence-corrected chi connectivity index (χ0v) is 6.50. The smallest absolute Gasteiger partial charge is 0.258 e. The van der Waals surface area contributed by atoms with Gasteiger partial charge in [-0.1, -0.05) is 12.1 Å². The summed E-state index contributed by atoms with van der Waals surface area (Å²) in [5, 5.41) is 10.3. The molecule has 0 aliphatic rings. The van der Waals surface area contributed by atoms with Crippen LogP contribution in [0.3, 0.4) is 0 Å². The fourth-order valence-corrected chi connectivity index (χ4v) is 1.06. The molecule has 0 saturated carbocycles. The van der Waals surface area contributed by atoms with E-state index in [9.17, 15) is 10.1 Å². The van der Waals surface area contributed by atoms with Crippen molar-refractivity contribution in [2.75, 3.05) is 0 Å². The number of hydrogen-bond donors (Lipinski definition) is 0. The molecule has 58 valence electrons. The van der Waals surface area contributed by atoms with Crippen molar-refractivity contribution in [3.63, 3.8) is 0 Å². The molecule has 0 fully saturated rings. The van der Waals surface area contributed by atoms with Crippen molar-refractivity contribution in [1.82, 2.24) is 0 Å². The van der Waals surface area contributed by atoms with Crippen LogP contribution < -0.4 is 0 Å². The second-order valence-corrected chi connectivity index (χ2v) is 2.32. The van der Waals surface area contributed by atoms with Crippen molar-refractivity contribution in [2.24, 2.45) is 0 Å². The largest absolute Gasteiger partial charge is 0.278 e. The van der Waals surface area contributed by atoms with Gasteiger partial charge in [0.25, 0.3) is 5.69 Å². The van der Waals surface area contributed by atoms with Crippen LogP contribution in [0.5, 0.6) is 0 Å². The van der Waals surface area contributed by atoms with Gasteiger partial charge >= 0.3 is 0 Å². The lowest BCUT2D eigenvalue weighted by molar-refractivity contribution is -0.403. The molecule has 0 aliphatic heterocycles. The van der Waals surface area contributed by atoms with Gasteiger partial charge in [0, 0.05) is 6.07 Å². The minimum atomic E-state index is -0.415. The number of rotatable bonds is 2. The Morgan fingerprint density at radius 3 is 2.55 bits per heavy atom. The van der Waals surface area contributed by atoms with Gasteiger partial charge in [0.2, 0.25) is 5.88 Å². The van der Waals surface area contributed by atoms with Crippen LogP contribution >= 0.6 is 0 Å². The number of nitro benzene ring substituents is 1. The Bertz CT molecular complexity index is 275. The van der Waals surface area contributed by atoms with Gasteiger partial charge in [0.15, 0.2) is 0 Å². The van der Waals surface area contributed by atoms with Crippen molar-refractivity contribution < 1.29 is 16.5 Å². The number of para-hydroxylation sites is 1. The molecule has 0 aliphatic carbocycles. The minimum Gasteiger partial charge on any atom is -0.258 e. The van der Waals surface area contributed by atoms with Crippen LogP contribution in [0.4, 0.5) is 5.69 Å². The van der Waals surface area contributed by atoms with Crippen LogP contribution in [-0.4, -0.2) is 4.92 Å². The fourth-order valence-electron chi connectivity index (χ4n) is 0.811. The highest BCUT2D eigenvalue weighted by Gasteiger charge is 2.12. The summed E-state index contributed by atoms with van der Waals surface area (Å²) in [4.78, 5) is 9.92. The van der Waals surface area contributed by atoms with Crippen molar-refractivity contribution in [2.45, 2.75) is 5.88 Å². The first-order valence-corrected chi connectivity index (χ1v) is 3.64. The highest BCUT2D eigenvalue weighted by Crippen LogP contribution is 2.16. The molecular weight excluding hydrogens is 166 g/mol. The maximum absolute atomic E-state index is 10.3. The Kier molecular flexibility index (Phi) is 2.44. The predicted molar refractivity (Wildman–Crippen MR) is 38.2 cm³/mol. The number of nitrogens with zero attached hydrogens (tertiary/aromatic N) is 1. The van der Waals surface area contributed by atoms with E-state index < -0.39 is 4.92 Å². The van der Waals surface area contributed by atoms with E-state index in [-0.39, 0.29) is 11.6 Å². The third-order valence-corrected chi connectivity index (χ3v) is 1.65. The minimum absolute atomic E-state index is 0.113. The normalized spacial score (nSPS) is 9.55. The van der Waals surface area contributed by atoms with Gasteiger partial charge in [-0.15, -0.1) is 0 Å². The van der Waals surface area contributed by atoms with Crippen LogP contribution in [0.1, 0.15) is 5.56 Å². The molecule has 0 amide bonds. The molecule has 11 heavy (non-hydrogen) atoms. The van der Waals surface area contributed by atoms with E-state index in [1.807, 2.05) is 0 Å². The number of benzene rings is 1. The zero-order valence-electron chi connectivity index (χ0n) is 5.69. The lowest BCUT2D eigenvalue weighted by atomic mass is 10.2. The quantitative estimate of drug-likeness (QED) is 0.384. The Balaban J connectivity index is 3.12. The first-order valence-electron chi connectivity index (χ1n) is 3.06. The molecule has 1 aromatic rings. The van der Waals surface area contributed by atoms with E-state index in [0.717, 1.165) is 0 Å². The van der Waals surface area contributed by atoms with Crippen molar-refractivity contribution in [3.05, 3.63) is 39.9 Å². The van der Waals surface area contributed by atoms with E-state index in [1.54, 1.807) is 18.2 Å². The summed E-state index contributed by atoms with van der Waals surface area (Å²) < 4.78 is 0. The topological polar surface area (TPSA) is 43.1 Å². The van der Waals surface area contributed by atoms with Crippen LogP contribution in [0.25, 0.3) is 0 Å². The van der Waals surface area contributed by atoms with Gasteiger partial charge in [-0.25, -0.2) is 0 Å². The molecule has 0 saturated heterocycles. The van der Waals surface area contributed by atoms with E-state index in [4.69, 9.17) is 11.6 Å². The van der Waals surface area contributed by atoms with E-state index >= 15 is 0 Å². The summed E-state index contributed by atoms with van der Waals surface area (Å²) in [6.45, 7) is 0. The molecule has 0 unspecified atom stereocenters. The third kappa shape index (κ3) is 1.68. The molecule has 0 aromatic heterocycles. The average molecular weight is 173 g/mol. The molecule has 3 nitrogen and oxygen atoms in total. The summed E-state index contributed by atoms with van der Waals surface area (Å²) in [5.74, 6) is 0.289. The van der Waals surface area contributed by atoms with Gasteiger partial charge in [-0.05, 0) is 6.07 Å². The highest BCUT2D eigenvalue weighted by molar-refractivity contribution is 5.38. The Labute approximate surface area is 68.8 Å². The Hall–Kier alpha value is -1.09. The molecule has 1 aromatic carbocycles. The zero-order chi connectivity index (χ0) is 8.27. The van der Waals surface area contributed by atoms with E-state index in [2.05, 4.69) is 0 Å². The summed E-state index contributed by atoms with van der Waals surface area (Å²) in [6, 6.07) is 6.51. The first kappa shape index (κ1) is 8.01. The molecule has 0 radical (unpaired) electrons. The van der Waals surface area contributed by atoms with Gasteiger partial charge in [0.05, 0.1) is 10.5 Å². The second kappa shape index (κ2) is 3.34. The monoisotopic (exact) mass is 172 g/mol. The van der Waals surface area contributed by atoms with Crippen molar-refractivity contribution in [3.8, 4) is 0 Å².